The largest absolute Gasteiger partial charge is 0.508 e. The lowest BCUT2D eigenvalue weighted by Crippen LogP contribution is -2.62. The minimum atomic E-state index is -2.07. The quantitative estimate of drug-likeness (QED) is 0.0211. The highest BCUT2D eigenvalue weighted by molar-refractivity contribution is 7.98. The molecule has 0 saturated carbocycles. The normalized spacial score (nSPS) is 20.0. The first-order valence-corrected chi connectivity index (χ1v) is 44.2. The number of thioether (sulfide) groups is 2. The van der Waals surface area contributed by atoms with Gasteiger partial charge in [-0.1, -0.05) is 139 Å². The molecule has 4 aromatic rings. The van der Waals surface area contributed by atoms with E-state index in [0.717, 1.165) is 23.5 Å². The number of rotatable bonds is 37. The molecule has 44 heteroatoms. The van der Waals surface area contributed by atoms with Crippen LogP contribution in [-0.4, -0.2) is 271 Å². The molecule has 3 aliphatic heterocycles. The van der Waals surface area contributed by atoms with E-state index in [1.54, 1.807) is 120 Å². The minimum Gasteiger partial charge on any atom is -0.508 e. The number of nitrogens with two attached hydrogens (primary N) is 1. The number of aliphatic hydroxyl groups is 3. The van der Waals surface area contributed by atoms with Crippen molar-refractivity contribution in [3.05, 3.63) is 125 Å². The van der Waals surface area contributed by atoms with Crippen molar-refractivity contribution in [2.75, 3.05) is 37.9 Å². The summed E-state index contributed by atoms with van der Waals surface area (Å²) in [5.74, 6) is -23.7. The molecule has 4 bridgehead atoms. The van der Waals surface area contributed by atoms with Crippen molar-refractivity contribution in [1.29, 1.82) is 0 Å². The van der Waals surface area contributed by atoms with E-state index in [1.807, 2.05) is 0 Å². The molecule has 0 fully saturated rings. The van der Waals surface area contributed by atoms with Crippen LogP contribution in [0.1, 0.15) is 129 Å². The molecule has 16 amide bonds. The van der Waals surface area contributed by atoms with Crippen molar-refractivity contribution in [3.8, 4) is 16.9 Å². The van der Waals surface area contributed by atoms with Crippen LogP contribution in [0.3, 0.4) is 0 Å². The Morgan fingerprint density at radius 2 is 0.962 bits per heavy atom. The van der Waals surface area contributed by atoms with E-state index in [9.17, 15) is 122 Å². The van der Waals surface area contributed by atoms with Gasteiger partial charge in [-0.3, -0.25) is 91.1 Å². The third-order valence-corrected chi connectivity index (χ3v) is 22.5. The number of hydrogen-bond donors (Lipinski definition) is 23. The lowest BCUT2D eigenvalue weighted by Gasteiger charge is -2.29. The number of phenolic OH excluding ortho intramolecular Hbond substituents is 1. The molecule has 130 heavy (non-hydrogen) atoms. The maximum Gasteiger partial charge on any atom is 0.305 e. The number of amides is 16. The lowest BCUT2D eigenvalue weighted by molar-refractivity contribution is -0.142. The van der Waals surface area contributed by atoms with E-state index < -0.39 is 280 Å². The van der Waals surface area contributed by atoms with Gasteiger partial charge in [0.15, 0.2) is 0 Å². The molecule has 0 saturated heterocycles. The standard InChI is InChI=1S/C86H118N16O26S2/c1-9-46(6)72(90-48(8)106)86(128)100-65(39-105)83(125)97-61(33-49-13-11-10-12-14-49)81(123)102-67-43-130-41-52-17-23-54(24-18-52)53-21-15-51(16-22-53)40-129-42-66(84(126)93-57(28-30-70(111)112)77(119)99-64(38-104)75(117)88-36-68(108)91-63(37-103)73(87)115)101-74(116)47(7)89-78(120)60(34-50-19-25-55(107)26-20-50)96-82(124)62(35-71(113)114)98-80(122)59(32-45(4)5)95-79(121)58(31-44(2)3)94-76(118)56(92-85(67)127)27-29-69(109)110/h10-26,44-47,56-67,72,103-105,107H,9,27-43H2,1-8H3,(H2,87,115)(H,88,117)(H,89,120)(H,90,106)(H,91,108)(H,92,127)(H,93,126)(H,94,118)(H,95,121)(H,96,124)(H,97,125)(H,98,122)(H,99,119)(H,100,128)(H,101,116)(H,102,123)(H,109,110)(H,111,112)(H,113,114)/t46-,47-,56-,57-,58-,59-,60-,61-,62-,63-,64-,65-,66-,67+,72-/m0/s1. The van der Waals surface area contributed by atoms with Crippen LogP contribution in [0.25, 0.3) is 11.1 Å². The Morgan fingerprint density at radius 1 is 0.477 bits per heavy atom. The molecule has 710 valence electrons. The highest BCUT2D eigenvalue weighted by Crippen LogP contribution is 2.25. The third kappa shape index (κ3) is 37.5. The molecule has 0 aromatic heterocycles. The topological polar surface area (TPSA) is 672 Å². The summed E-state index contributed by atoms with van der Waals surface area (Å²) in [5.41, 5.74) is 8.59. The molecule has 42 nitrogen and oxygen atoms in total. The molecule has 0 spiro atoms. The molecule has 3 aliphatic rings. The van der Waals surface area contributed by atoms with Gasteiger partial charge in [-0.25, -0.2) is 0 Å². The molecule has 0 aliphatic carbocycles. The Kier molecular flexibility index (Phi) is 45.2. The maximum absolute atomic E-state index is 15.1. The minimum absolute atomic E-state index is 0.108. The smallest absolute Gasteiger partial charge is 0.305 e. The first-order chi connectivity index (χ1) is 61.5. The first kappa shape index (κ1) is 108. The maximum atomic E-state index is 15.1. The molecule has 15 atom stereocenters. The van der Waals surface area contributed by atoms with Gasteiger partial charge in [0.1, 0.15) is 90.3 Å². The molecule has 4 aromatic carbocycles. The number of carboxylic acid groups (broad SMARTS) is 3. The number of aliphatic carboxylic acids is 3. The van der Waals surface area contributed by atoms with E-state index in [2.05, 4.69) is 79.8 Å². The second-order valence-electron chi connectivity index (χ2n) is 32.0. The monoisotopic (exact) mass is 1850 g/mol. The molecule has 7 rings (SSSR count). The first-order valence-electron chi connectivity index (χ1n) is 41.9. The predicted molar refractivity (Wildman–Crippen MR) is 472 cm³/mol. The Labute approximate surface area is 758 Å². The molecule has 24 N–H and O–H groups in total. The van der Waals surface area contributed by atoms with Crippen molar-refractivity contribution in [1.82, 2.24) is 79.8 Å². The van der Waals surface area contributed by atoms with Crippen LogP contribution < -0.4 is 85.5 Å². The van der Waals surface area contributed by atoms with Crippen LogP contribution in [0.4, 0.5) is 0 Å². The lowest BCUT2D eigenvalue weighted by atomic mass is 9.98. The zero-order chi connectivity index (χ0) is 96.6. The molecule has 3 heterocycles. The van der Waals surface area contributed by atoms with Crippen LogP contribution in [-0.2, 0) is 115 Å². The molecule has 0 unspecified atom stereocenters. The summed E-state index contributed by atoms with van der Waals surface area (Å²) in [4.78, 5) is 262. The fourth-order valence-corrected chi connectivity index (χ4v) is 15.0. The van der Waals surface area contributed by atoms with Crippen molar-refractivity contribution in [2.45, 2.75) is 216 Å². The van der Waals surface area contributed by atoms with Crippen molar-refractivity contribution in [2.24, 2.45) is 23.5 Å². The van der Waals surface area contributed by atoms with Crippen LogP contribution in [0.5, 0.6) is 5.75 Å². The van der Waals surface area contributed by atoms with Gasteiger partial charge in [0.05, 0.1) is 32.8 Å². The van der Waals surface area contributed by atoms with Crippen LogP contribution in [0, 0.1) is 17.8 Å². The number of carbonyl (C=O) groups excluding carboxylic acids is 16. The summed E-state index contributed by atoms with van der Waals surface area (Å²) in [6.07, 6.45) is -4.75. The van der Waals surface area contributed by atoms with Crippen molar-refractivity contribution < 1.29 is 127 Å². The SMILES string of the molecule is CC[C@H](C)[C@H](NC(C)=O)C(=O)N[C@@H](CO)C(=O)N[C@@H](Cc1ccccc1)C(=O)N[C@@H]1CSCc2ccc(cc2)-c2ccc(cc2)CSC[C@@H](C(=O)N[C@@H](CCC(=O)O)C(=O)N[C@@H](CO)C(=O)NCC(=O)N[C@@H](CO)C(N)=O)NC(=O)[C@H](C)NC(=O)[C@H](Cc2ccc(O)cc2)NC(=O)[C@H](CC(=O)O)NC(=O)[C@H](CC(C)C)NC(=O)[C@H](CC(C)C)NC(=O)[C@H](CCC(=O)O)NC1=O. The number of phenols is 1. The number of aromatic hydroxyl groups is 1. The van der Waals surface area contributed by atoms with Crippen LogP contribution in [0.2, 0.25) is 0 Å². The Morgan fingerprint density at radius 3 is 1.48 bits per heavy atom. The second-order valence-corrected chi connectivity index (χ2v) is 34.0. The van der Waals surface area contributed by atoms with Gasteiger partial charge < -0.3 is 121 Å². The molecular weight excluding hydrogens is 1740 g/mol. The van der Waals surface area contributed by atoms with Gasteiger partial charge in [-0.2, -0.15) is 23.5 Å². The number of nitrogens with one attached hydrogen (secondary N) is 15. The predicted octanol–water partition coefficient (Wildman–Crippen LogP) is -3.23. The van der Waals surface area contributed by atoms with Gasteiger partial charge in [0, 0.05) is 55.6 Å². The Hall–Kier alpha value is -12.8. The highest BCUT2D eigenvalue weighted by atomic mass is 32.2. The van der Waals surface area contributed by atoms with Gasteiger partial charge in [-0.05, 0) is 95.9 Å². The van der Waals surface area contributed by atoms with Crippen LogP contribution in [0.15, 0.2) is 103 Å². The van der Waals surface area contributed by atoms with E-state index in [0.29, 0.717) is 34.2 Å². The Bertz CT molecular complexity index is 4590. The van der Waals surface area contributed by atoms with Gasteiger partial charge in [0.25, 0.3) is 0 Å². The number of carboxylic acids is 3. The second kappa shape index (κ2) is 54.5. The average Bonchev–Trinajstić information content (AvgIpc) is 0.847. The summed E-state index contributed by atoms with van der Waals surface area (Å²) >= 11 is 2.17. The zero-order valence-corrected chi connectivity index (χ0v) is 74.8. The zero-order valence-electron chi connectivity index (χ0n) is 73.1. The Balaban J connectivity index is 1.62. The average molecular weight is 1860 g/mol. The summed E-state index contributed by atoms with van der Waals surface area (Å²) in [5, 5.41) is 107. The molecular formula is C86H118N16O26S2. The third-order valence-electron chi connectivity index (χ3n) is 20.3. The number of aliphatic hydroxyl groups excluding tert-OH is 3. The summed E-state index contributed by atoms with van der Waals surface area (Å²) in [7, 11) is 0. The van der Waals surface area contributed by atoms with Crippen molar-refractivity contribution >= 4 is 136 Å². The fraction of sp³-hybridized carbons (Fsp3) is 0.500. The van der Waals surface area contributed by atoms with E-state index in [4.69, 9.17) is 5.73 Å². The number of benzene rings is 4. The van der Waals surface area contributed by atoms with Gasteiger partial charge >= 0.3 is 17.9 Å². The summed E-state index contributed by atoms with van der Waals surface area (Å²) < 4.78 is 0. The van der Waals surface area contributed by atoms with E-state index in [1.165, 1.54) is 38.1 Å². The van der Waals surface area contributed by atoms with Crippen LogP contribution >= 0.6 is 23.5 Å². The number of hydrogen-bond acceptors (Lipinski definition) is 25. The summed E-state index contributed by atoms with van der Waals surface area (Å²) in [6.45, 7) is 8.52. The number of fused-ring (bicyclic) bond motifs is 2. The van der Waals surface area contributed by atoms with E-state index >= 15 is 4.79 Å². The van der Waals surface area contributed by atoms with E-state index in [-0.39, 0.29) is 53.6 Å². The highest BCUT2D eigenvalue weighted by Gasteiger charge is 2.40. The van der Waals surface area contributed by atoms with Gasteiger partial charge in [-0.15, -0.1) is 0 Å². The molecule has 0 radical (unpaired) electrons. The van der Waals surface area contributed by atoms with Gasteiger partial charge in [0.2, 0.25) is 94.5 Å². The number of carbonyl (C=O) groups is 19. The van der Waals surface area contributed by atoms with Crippen molar-refractivity contribution in [3.63, 3.8) is 0 Å². The number of primary amides is 1. The summed E-state index contributed by atoms with van der Waals surface area (Å²) in [6, 6.07) is 3.95. The fourth-order valence-electron chi connectivity index (χ4n) is 13.0.